The van der Waals surface area contributed by atoms with E-state index in [1.54, 1.807) is 0 Å². The van der Waals surface area contributed by atoms with E-state index >= 15 is 0 Å². The molecule has 1 amide bonds. The molecule has 0 aromatic heterocycles. The summed E-state index contributed by atoms with van der Waals surface area (Å²) < 4.78 is 5.93. The molecule has 0 fully saturated rings. The molecule has 386 valence electrons. The highest BCUT2D eigenvalue weighted by molar-refractivity contribution is 5.77. The fourth-order valence-electron chi connectivity index (χ4n) is 8.78. The summed E-state index contributed by atoms with van der Waals surface area (Å²) in [7, 11) is 0. The predicted molar refractivity (Wildman–Crippen MR) is 287 cm³/mol. The van der Waals surface area contributed by atoms with Gasteiger partial charge in [-0.1, -0.05) is 268 Å². The molecule has 3 atom stereocenters. The molecular formula is C60H111NO5. The summed E-state index contributed by atoms with van der Waals surface area (Å²) in [5.74, 6) is -0.527. The number of aliphatic hydroxyl groups is 2. The Balaban J connectivity index is 4.60. The van der Waals surface area contributed by atoms with Crippen LogP contribution in [0.3, 0.4) is 0 Å². The van der Waals surface area contributed by atoms with Crippen LogP contribution in [0.25, 0.3) is 0 Å². The zero-order valence-electron chi connectivity index (χ0n) is 44.1. The van der Waals surface area contributed by atoms with Crippen LogP contribution >= 0.6 is 0 Å². The Morgan fingerprint density at radius 1 is 0.439 bits per heavy atom. The smallest absolute Gasteiger partial charge is 0.306 e. The minimum atomic E-state index is -0.796. The van der Waals surface area contributed by atoms with E-state index < -0.39 is 18.2 Å². The lowest BCUT2D eigenvalue weighted by Crippen LogP contribution is -2.46. The van der Waals surface area contributed by atoms with E-state index in [4.69, 9.17) is 4.74 Å². The third-order valence-corrected chi connectivity index (χ3v) is 13.2. The number of rotatable bonds is 52. The van der Waals surface area contributed by atoms with Gasteiger partial charge in [-0.05, 0) is 64.2 Å². The lowest BCUT2D eigenvalue weighted by atomic mass is 10.0. The zero-order chi connectivity index (χ0) is 48.1. The zero-order valence-corrected chi connectivity index (χ0v) is 44.1. The van der Waals surface area contributed by atoms with Crippen LogP contribution in [-0.4, -0.2) is 46.9 Å². The minimum absolute atomic E-state index is 0.0592. The van der Waals surface area contributed by atoms with Gasteiger partial charge in [-0.15, -0.1) is 0 Å². The number of hydrogen-bond acceptors (Lipinski definition) is 5. The van der Waals surface area contributed by atoms with Crippen LogP contribution in [0.4, 0.5) is 0 Å². The summed E-state index contributed by atoms with van der Waals surface area (Å²) in [5, 5.41) is 23.9. The van der Waals surface area contributed by atoms with Crippen LogP contribution in [0.15, 0.2) is 48.6 Å². The van der Waals surface area contributed by atoms with E-state index in [2.05, 4.69) is 74.7 Å². The summed E-state index contributed by atoms with van der Waals surface area (Å²) in [5.41, 5.74) is 0. The molecule has 0 bridgehead atoms. The molecule has 3 N–H and O–H groups in total. The number of esters is 1. The van der Waals surface area contributed by atoms with Crippen LogP contribution < -0.4 is 5.32 Å². The van der Waals surface area contributed by atoms with Gasteiger partial charge in [-0.2, -0.15) is 0 Å². The molecule has 0 spiro atoms. The van der Waals surface area contributed by atoms with Gasteiger partial charge in [-0.3, -0.25) is 9.59 Å². The SMILES string of the molecule is CCCCC/C=C\C/C=C\C/C=C\C/C=C\CCCC(=O)OC(CCCCCCCCCCCCCCCC)CC(=O)NC(CO)C(O)CCCCCCCCCCCCCCCCCC. The molecule has 66 heavy (non-hydrogen) atoms. The van der Waals surface area contributed by atoms with Gasteiger partial charge in [0.05, 0.1) is 25.2 Å². The van der Waals surface area contributed by atoms with Crippen molar-refractivity contribution in [2.24, 2.45) is 0 Å². The lowest BCUT2D eigenvalue weighted by Gasteiger charge is -2.24. The Hall–Kier alpha value is -2.18. The first-order valence-electron chi connectivity index (χ1n) is 28.9. The fraction of sp³-hybridized carbons (Fsp3) is 0.833. The monoisotopic (exact) mass is 926 g/mol. The average molecular weight is 927 g/mol. The number of carbonyl (C=O) groups is 2. The maximum absolute atomic E-state index is 13.3. The van der Waals surface area contributed by atoms with E-state index in [1.807, 2.05) is 0 Å². The Morgan fingerprint density at radius 3 is 1.17 bits per heavy atom. The van der Waals surface area contributed by atoms with Crippen molar-refractivity contribution < 1.29 is 24.5 Å². The quantitative estimate of drug-likeness (QED) is 0.0321. The van der Waals surface area contributed by atoms with Crippen molar-refractivity contribution in [2.45, 2.75) is 315 Å². The molecule has 0 saturated heterocycles. The van der Waals surface area contributed by atoms with Gasteiger partial charge in [0.15, 0.2) is 0 Å². The van der Waals surface area contributed by atoms with Gasteiger partial charge >= 0.3 is 5.97 Å². The number of hydrogen-bond donors (Lipinski definition) is 3. The molecule has 0 aliphatic heterocycles. The van der Waals surface area contributed by atoms with E-state index in [1.165, 1.54) is 180 Å². The van der Waals surface area contributed by atoms with E-state index in [-0.39, 0.29) is 24.9 Å². The molecule has 0 saturated carbocycles. The maximum atomic E-state index is 13.3. The lowest BCUT2D eigenvalue weighted by molar-refractivity contribution is -0.151. The molecule has 0 aliphatic carbocycles. The number of unbranched alkanes of at least 4 members (excludes halogenated alkanes) is 32. The Labute approximate surface area is 410 Å². The minimum Gasteiger partial charge on any atom is -0.462 e. The summed E-state index contributed by atoms with van der Waals surface area (Å²) in [6.07, 6.45) is 66.0. The van der Waals surface area contributed by atoms with Crippen molar-refractivity contribution >= 4 is 11.9 Å². The summed E-state index contributed by atoms with van der Waals surface area (Å²) in [6.45, 7) is 6.48. The van der Waals surface area contributed by atoms with E-state index in [0.29, 0.717) is 25.7 Å². The Kier molecular flexibility index (Phi) is 52.0. The number of nitrogens with one attached hydrogen (secondary N) is 1. The average Bonchev–Trinajstić information content (AvgIpc) is 3.31. The number of amides is 1. The summed E-state index contributed by atoms with van der Waals surface area (Å²) in [6, 6.07) is -0.711. The number of ether oxygens (including phenoxy) is 1. The molecule has 0 aromatic rings. The van der Waals surface area contributed by atoms with E-state index in [0.717, 1.165) is 64.2 Å². The molecule has 0 radical (unpaired) electrons. The van der Waals surface area contributed by atoms with Gasteiger partial charge in [0.25, 0.3) is 0 Å². The second-order valence-corrected chi connectivity index (χ2v) is 19.7. The Morgan fingerprint density at radius 2 is 0.773 bits per heavy atom. The molecule has 6 heteroatoms. The van der Waals surface area contributed by atoms with Crippen LogP contribution in [0.1, 0.15) is 297 Å². The first-order chi connectivity index (χ1) is 32.5. The molecule has 6 nitrogen and oxygen atoms in total. The molecular weight excluding hydrogens is 815 g/mol. The normalized spacial score (nSPS) is 13.5. The second-order valence-electron chi connectivity index (χ2n) is 19.7. The Bertz CT molecular complexity index is 1130. The highest BCUT2D eigenvalue weighted by Gasteiger charge is 2.24. The first-order valence-corrected chi connectivity index (χ1v) is 28.9. The van der Waals surface area contributed by atoms with Gasteiger partial charge in [0.2, 0.25) is 5.91 Å². The fourth-order valence-corrected chi connectivity index (χ4v) is 8.78. The van der Waals surface area contributed by atoms with Crippen LogP contribution in [-0.2, 0) is 14.3 Å². The van der Waals surface area contributed by atoms with Crippen LogP contribution in [0.2, 0.25) is 0 Å². The van der Waals surface area contributed by atoms with Crippen molar-refractivity contribution in [1.82, 2.24) is 5.32 Å². The van der Waals surface area contributed by atoms with Gasteiger partial charge in [-0.25, -0.2) is 0 Å². The highest BCUT2D eigenvalue weighted by atomic mass is 16.5. The van der Waals surface area contributed by atoms with Gasteiger partial charge < -0.3 is 20.3 Å². The van der Waals surface area contributed by atoms with Crippen molar-refractivity contribution in [2.75, 3.05) is 6.61 Å². The standard InChI is InChI=1S/C60H111NO5/c1-4-7-10-13-16-19-22-25-28-30-32-35-38-41-44-47-50-53-60(65)66-56(51-48-45-42-39-36-33-27-24-21-18-15-12-9-6-3)54-59(64)61-57(55-62)58(63)52-49-46-43-40-37-34-31-29-26-23-20-17-14-11-8-5-2/h16,19,25,28,32,35,41,44,56-58,62-63H,4-15,17-18,20-24,26-27,29-31,33-34,36-40,42-43,45-55H2,1-3H3,(H,61,64)/b19-16-,28-25-,35-32-,44-41-. The number of aliphatic hydroxyl groups excluding tert-OH is 2. The number of carbonyl (C=O) groups excluding carboxylic acids is 2. The summed E-state index contributed by atoms with van der Waals surface area (Å²) in [4.78, 5) is 26.2. The maximum Gasteiger partial charge on any atom is 0.306 e. The third-order valence-electron chi connectivity index (χ3n) is 13.2. The molecule has 0 rings (SSSR count). The van der Waals surface area contributed by atoms with Crippen molar-refractivity contribution in [3.63, 3.8) is 0 Å². The van der Waals surface area contributed by atoms with Crippen LogP contribution in [0.5, 0.6) is 0 Å². The highest BCUT2D eigenvalue weighted by Crippen LogP contribution is 2.18. The largest absolute Gasteiger partial charge is 0.462 e. The van der Waals surface area contributed by atoms with Crippen molar-refractivity contribution in [3.8, 4) is 0 Å². The van der Waals surface area contributed by atoms with Crippen molar-refractivity contribution in [1.29, 1.82) is 0 Å². The van der Waals surface area contributed by atoms with E-state index in [9.17, 15) is 19.8 Å². The molecule has 0 aromatic carbocycles. The first kappa shape index (κ1) is 63.8. The predicted octanol–water partition coefficient (Wildman–Crippen LogP) is 17.8. The molecule has 3 unspecified atom stereocenters. The molecule has 0 aliphatic rings. The van der Waals surface area contributed by atoms with Crippen LogP contribution in [0, 0.1) is 0 Å². The number of allylic oxidation sites excluding steroid dienone is 8. The molecule has 0 heterocycles. The third kappa shape index (κ3) is 48.3. The summed E-state index contributed by atoms with van der Waals surface area (Å²) >= 11 is 0. The van der Waals surface area contributed by atoms with Crippen molar-refractivity contribution in [3.05, 3.63) is 48.6 Å². The van der Waals surface area contributed by atoms with Gasteiger partial charge in [0, 0.05) is 6.42 Å². The van der Waals surface area contributed by atoms with Gasteiger partial charge in [0.1, 0.15) is 6.10 Å². The topological polar surface area (TPSA) is 95.9 Å². The second kappa shape index (κ2) is 53.8.